The monoisotopic (exact) mass is 235 g/mol. The van der Waals surface area contributed by atoms with Crippen molar-refractivity contribution in [1.29, 1.82) is 0 Å². The lowest BCUT2D eigenvalue weighted by Crippen LogP contribution is -2.01. The van der Waals surface area contributed by atoms with Gasteiger partial charge in [0.2, 0.25) is 0 Å². The van der Waals surface area contributed by atoms with Crippen molar-refractivity contribution >= 4 is 17.4 Å². The standard InChI is InChI=1S/C11H10ClN3O/c12-10-5-11(15-7-14-10)13-6-8-3-1-2-4-9(8)16/h1-5,7,16H,6H2,(H,13,14,15). The highest BCUT2D eigenvalue weighted by Crippen LogP contribution is 2.17. The summed E-state index contributed by atoms with van der Waals surface area (Å²) in [4.78, 5) is 7.77. The van der Waals surface area contributed by atoms with Crippen LogP contribution in [-0.2, 0) is 6.54 Å². The SMILES string of the molecule is Oc1ccccc1CNc1cc(Cl)ncn1. The molecular formula is C11H10ClN3O. The van der Waals surface area contributed by atoms with Gasteiger partial charge in [0.05, 0.1) is 0 Å². The summed E-state index contributed by atoms with van der Waals surface area (Å²) < 4.78 is 0. The van der Waals surface area contributed by atoms with E-state index in [2.05, 4.69) is 15.3 Å². The van der Waals surface area contributed by atoms with E-state index in [1.807, 2.05) is 12.1 Å². The molecule has 82 valence electrons. The van der Waals surface area contributed by atoms with Crippen LogP contribution in [0.4, 0.5) is 5.82 Å². The third-order valence-corrected chi connectivity index (χ3v) is 2.29. The summed E-state index contributed by atoms with van der Waals surface area (Å²) in [6.07, 6.45) is 1.38. The first-order valence-corrected chi connectivity index (χ1v) is 5.12. The van der Waals surface area contributed by atoms with Gasteiger partial charge in [-0.05, 0) is 6.07 Å². The van der Waals surface area contributed by atoms with Gasteiger partial charge in [-0.2, -0.15) is 0 Å². The van der Waals surface area contributed by atoms with Crippen LogP contribution < -0.4 is 5.32 Å². The van der Waals surface area contributed by atoms with Crippen LogP contribution in [-0.4, -0.2) is 15.1 Å². The lowest BCUT2D eigenvalue weighted by molar-refractivity contribution is 0.469. The first kappa shape index (κ1) is 10.7. The summed E-state index contributed by atoms with van der Waals surface area (Å²) in [6, 6.07) is 8.75. The maximum absolute atomic E-state index is 9.54. The molecule has 0 aliphatic heterocycles. The third kappa shape index (κ3) is 2.61. The van der Waals surface area contributed by atoms with Gasteiger partial charge in [-0.25, -0.2) is 9.97 Å². The highest BCUT2D eigenvalue weighted by atomic mass is 35.5. The summed E-state index contributed by atoms with van der Waals surface area (Å²) in [7, 11) is 0. The van der Waals surface area contributed by atoms with Crippen molar-refractivity contribution in [3.05, 3.63) is 47.4 Å². The normalized spacial score (nSPS) is 10.1. The Balaban J connectivity index is 2.05. The molecule has 0 spiro atoms. The number of benzene rings is 1. The van der Waals surface area contributed by atoms with Crippen molar-refractivity contribution in [2.45, 2.75) is 6.54 Å². The van der Waals surface area contributed by atoms with Crippen LogP contribution in [0.5, 0.6) is 5.75 Å². The van der Waals surface area contributed by atoms with E-state index in [-0.39, 0.29) is 5.75 Å². The first-order chi connectivity index (χ1) is 7.75. The fraction of sp³-hybridized carbons (Fsp3) is 0.0909. The lowest BCUT2D eigenvalue weighted by Gasteiger charge is -2.06. The predicted molar refractivity (Wildman–Crippen MR) is 62.5 cm³/mol. The van der Waals surface area contributed by atoms with E-state index in [0.717, 1.165) is 5.56 Å². The van der Waals surface area contributed by atoms with Crippen molar-refractivity contribution in [2.75, 3.05) is 5.32 Å². The van der Waals surface area contributed by atoms with Crippen LogP contribution in [0.1, 0.15) is 5.56 Å². The largest absolute Gasteiger partial charge is 0.508 e. The van der Waals surface area contributed by atoms with Gasteiger partial charge in [0.1, 0.15) is 23.0 Å². The number of anilines is 1. The molecule has 0 aliphatic carbocycles. The number of rotatable bonds is 3. The molecule has 0 fully saturated rings. The van der Waals surface area contributed by atoms with Crippen molar-refractivity contribution in [1.82, 2.24) is 9.97 Å². The first-order valence-electron chi connectivity index (χ1n) is 4.74. The number of nitrogens with one attached hydrogen (secondary N) is 1. The number of para-hydroxylation sites is 1. The zero-order valence-corrected chi connectivity index (χ0v) is 9.15. The van der Waals surface area contributed by atoms with Crippen LogP contribution in [0.25, 0.3) is 0 Å². The Kier molecular flexibility index (Phi) is 3.22. The predicted octanol–water partition coefficient (Wildman–Crippen LogP) is 2.45. The molecule has 2 aromatic rings. The Morgan fingerprint density at radius 1 is 1.25 bits per heavy atom. The van der Waals surface area contributed by atoms with Gasteiger partial charge < -0.3 is 10.4 Å². The van der Waals surface area contributed by atoms with Crippen molar-refractivity contribution in [3.63, 3.8) is 0 Å². The molecule has 0 radical (unpaired) electrons. The molecule has 1 aromatic heterocycles. The molecule has 4 nitrogen and oxygen atoms in total. The Morgan fingerprint density at radius 2 is 2.06 bits per heavy atom. The Morgan fingerprint density at radius 3 is 2.81 bits per heavy atom. The average Bonchev–Trinajstić information content (AvgIpc) is 2.28. The number of phenolic OH excluding ortho intramolecular Hbond substituents is 1. The van der Waals surface area contributed by atoms with Gasteiger partial charge in [0.15, 0.2) is 0 Å². The van der Waals surface area contributed by atoms with Gasteiger partial charge in [0, 0.05) is 18.2 Å². The zero-order valence-electron chi connectivity index (χ0n) is 8.39. The van der Waals surface area contributed by atoms with Gasteiger partial charge >= 0.3 is 0 Å². The van der Waals surface area contributed by atoms with E-state index in [4.69, 9.17) is 11.6 Å². The van der Waals surface area contributed by atoms with E-state index in [1.165, 1.54) is 6.33 Å². The maximum atomic E-state index is 9.54. The van der Waals surface area contributed by atoms with Crippen LogP contribution in [0.3, 0.4) is 0 Å². The van der Waals surface area contributed by atoms with Gasteiger partial charge in [-0.3, -0.25) is 0 Å². The molecule has 0 unspecified atom stereocenters. The molecule has 0 atom stereocenters. The second-order valence-electron chi connectivity index (χ2n) is 3.21. The second-order valence-corrected chi connectivity index (χ2v) is 3.60. The van der Waals surface area contributed by atoms with E-state index in [9.17, 15) is 5.11 Å². The van der Waals surface area contributed by atoms with Gasteiger partial charge in [0.25, 0.3) is 0 Å². The summed E-state index contributed by atoms with van der Waals surface area (Å²) >= 11 is 5.72. The number of nitrogens with zero attached hydrogens (tertiary/aromatic N) is 2. The molecule has 1 aromatic carbocycles. The van der Waals surface area contributed by atoms with Crippen LogP contribution in [0.15, 0.2) is 36.7 Å². The fourth-order valence-corrected chi connectivity index (χ4v) is 1.42. The molecule has 5 heteroatoms. The second kappa shape index (κ2) is 4.81. The molecule has 1 heterocycles. The van der Waals surface area contributed by atoms with Crippen LogP contribution in [0, 0.1) is 0 Å². The zero-order chi connectivity index (χ0) is 11.4. The smallest absolute Gasteiger partial charge is 0.134 e. The van der Waals surface area contributed by atoms with Crippen LogP contribution in [0.2, 0.25) is 5.15 Å². The number of aromatic nitrogens is 2. The number of aromatic hydroxyl groups is 1. The van der Waals surface area contributed by atoms with Crippen molar-refractivity contribution < 1.29 is 5.11 Å². The molecule has 2 rings (SSSR count). The number of hydrogen-bond acceptors (Lipinski definition) is 4. The maximum Gasteiger partial charge on any atom is 0.134 e. The average molecular weight is 236 g/mol. The molecule has 16 heavy (non-hydrogen) atoms. The van der Waals surface area contributed by atoms with E-state index >= 15 is 0 Å². The van der Waals surface area contributed by atoms with Gasteiger partial charge in [-0.1, -0.05) is 29.8 Å². The Hall–Kier alpha value is -1.81. The van der Waals surface area contributed by atoms with E-state index in [1.54, 1.807) is 18.2 Å². The summed E-state index contributed by atoms with van der Waals surface area (Å²) in [6.45, 7) is 0.486. The highest BCUT2D eigenvalue weighted by Gasteiger charge is 2.00. The summed E-state index contributed by atoms with van der Waals surface area (Å²) in [5, 5.41) is 13.0. The molecule has 0 bridgehead atoms. The third-order valence-electron chi connectivity index (χ3n) is 2.09. The molecule has 0 aliphatic rings. The fourth-order valence-electron chi connectivity index (χ4n) is 1.28. The molecule has 0 amide bonds. The summed E-state index contributed by atoms with van der Waals surface area (Å²) in [5.74, 6) is 0.887. The van der Waals surface area contributed by atoms with Crippen molar-refractivity contribution in [3.8, 4) is 5.75 Å². The van der Waals surface area contributed by atoms with E-state index in [0.29, 0.717) is 17.5 Å². The lowest BCUT2D eigenvalue weighted by atomic mass is 10.2. The van der Waals surface area contributed by atoms with E-state index < -0.39 is 0 Å². The topological polar surface area (TPSA) is 58.0 Å². The molecular weight excluding hydrogens is 226 g/mol. The Labute approximate surface area is 97.9 Å². The Bertz CT molecular complexity index is 490. The number of phenols is 1. The quantitative estimate of drug-likeness (QED) is 0.803. The van der Waals surface area contributed by atoms with Gasteiger partial charge in [-0.15, -0.1) is 0 Å². The minimum absolute atomic E-state index is 0.259. The minimum Gasteiger partial charge on any atom is -0.508 e. The molecule has 0 saturated carbocycles. The highest BCUT2D eigenvalue weighted by molar-refractivity contribution is 6.29. The minimum atomic E-state index is 0.259. The number of hydrogen-bond donors (Lipinski definition) is 2. The summed E-state index contributed by atoms with van der Waals surface area (Å²) in [5.41, 5.74) is 0.803. The van der Waals surface area contributed by atoms with Crippen molar-refractivity contribution in [2.24, 2.45) is 0 Å². The molecule has 2 N–H and O–H groups in total. The van der Waals surface area contributed by atoms with Crippen LogP contribution >= 0.6 is 11.6 Å². The number of halogens is 1. The molecule has 0 saturated heterocycles.